The first-order valence-electron chi connectivity index (χ1n) is 19.5. The smallest absolute Gasteiger partial charge is 0.462 e. The largest absolute Gasteiger partial charge is 0.469 e. The van der Waals surface area contributed by atoms with Crippen molar-refractivity contribution in [3.8, 4) is 0 Å². The zero-order chi connectivity index (χ0) is 38.4. The third kappa shape index (κ3) is 38.4. The second-order valence-corrected chi connectivity index (χ2v) is 14.0. The molecule has 0 aliphatic rings. The topological polar surface area (TPSA) is 140 Å². The summed E-state index contributed by atoms with van der Waals surface area (Å²) in [6, 6.07) is 0. The first kappa shape index (κ1) is 49.2. The molecule has 2 atom stereocenters. The van der Waals surface area contributed by atoms with E-state index in [-0.39, 0.29) is 19.4 Å². The maximum Gasteiger partial charge on any atom is 0.469 e. The lowest BCUT2D eigenvalue weighted by Crippen LogP contribution is -2.29. The number of aliphatic hydroxyl groups is 1. The lowest BCUT2D eigenvalue weighted by Gasteiger charge is -2.18. The molecule has 9 nitrogen and oxygen atoms in total. The Hall–Kier alpha value is -2.81. The van der Waals surface area contributed by atoms with Gasteiger partial charge in [0.05, 0.1) is 12.7 Å². The minimum absolute atomic E-state index is 0.164. The van der Waals surface area contributed by atoms with Gasteiger partial charge in [-0.3, -0.25) is 14.1 Å². The van der Waals surface area contributed by atoms with Crippen LogP contribution in [0, 0.1) is 0 Å². The van der Waals surface area contributed by atoms with E-state index in [1.807, 2.05) is 55.5 Å². The summed E-state index contributed by atoms with van der Waals surface area (Å²) >= 11 is 0. The maximum absolute atomic E-state index is 12.4. The van der Waals surface area contributed by atoms with E-state index < -0.39 is 38.6 Å². The minimum Gasteiger partial charge on any atom is -0.462 e. The number of unbranched alkanes of at least 4 members (excludes halogenated alkanes) is 10. The van der Waals surface area contributed by atoms with Crippen molar-refractivity contribution in [1.82, 2.24) is 0 Å². The van der Waals surface area contributed by atoms with Crippen LogP contribution in [-0.4, -0.2) is 52.3 Å². The maximum atomic E-state index is 12.4. The monoisotopic (exact) mass is 748 g/mol. The van der Waals surface area contributed by atoms with Gasteiger partial charge in [-0.05, 0) is 77.0 Å². The van der Waals surface area contributed by atoms with Crippen LogP contribution < -0.4 is 0 Å². The molecule has 0 bridgehead atoms. The van der Waals surface area contributed by atoms with E-state index in [2.05, 4.69) is 47.9 Å². The number of carbonyl (C=O) groups excluding carboxylic acids is 2. The number of allylic oxidation sites excluding steroid dienone is 12. The number of carbonyl (C=O) groups is 2. The number of esters is 2. The Morgan fingerprint density at radius 2 is 1.15 bits per heavy atom. The van der Waals surface area contributed by atoms with Gasteiger partial charge in [-0.25, -0.2) is 4.57 Å². The van der Waals surface area contributed by atoms with Crippen LogP contribution in [0.5, 0.6) is 0 Å². The highest BCUT2D eigenvalue weighted by Crippen LogP contribution is 2.36. The van der Waals surface area contributed by atoms with Crippen molar-refractivity contribution in [3.05, 3.63) is 85.1 Å². The van der Waals surface area contributed by atoms with Crippen LogP contribution in [0.3, 0.4) is 0 Å². The van der Waals surface area contributed by atoms with Crippen LogP contribution in [-0.2, 0) is 28.2 Å². The standard InChI is InChI=1S/C42H69O9P/c1-3-5-7-8-9-10-11-12-13-14-15-20-23-26-29-32-36-42(45)51-40(38-50-52(46,47)48)37-49-41(44)35-31-28-25-22-19-17-16-18-21-24-27-30-34-39(43)33-6-4-2/h6,9-10,12-13,16-17,21-22,24-25,27,30,33,39-40,43H,3-5,7-8,11,14-15,18-20,23,26,28-29,31-32,34-38H2,1-2H3,(H2,46,47,48)/b10-9-,13-12-,17-16-,24-21-,25-22-,30-27+,33-6-/t39?,40-/m1/s1. The van der Waals surface area contributed by atoms with E-state index in [1.165, 1.54) is 25.7 Å². The molecule has 1 unspecified atom stereocenters. The Morgan fingerprint density at radius 3 is 1.79 bits per heavy atom. The van der Waals surface area contributed by atoms with Crippen LogP contribution in [0.15, 0.2) is 85.1 Å². The lowest BCUT2D eigenvalue weighted by atomic mass is 10.1. The minimum atomic E-state index is -4.78. The fourth-order valence-electron chi connectivity index (χ4n) is 4.81. The third-order valence-electron chi connectivity index (χ3n) is 7.72. The van der Waals surface area contributed by atoms with Gasteiger partial charge >= 0.3 is 19.8 Å². The van der Waals surface area contributed by atoms with Gasteiger partial charge in [-0.1, -0.05) is 137 Å². The molecule has 0 saturated carbocycles. The predicted octanol–water partition coefficient (Wildman–Crippen LogP) is 10.6. The first-order chi connectivity index (χ1) is 25.2. The second kappa shape index (κ2) is 36.5. The van der Waals surface area contributed by atoms with Gasteiger partial charge < -0.3 is 24.4 Å². The number of rotatable bonds is 34. The number of ether oxygens (including phenoxy) is 2. The zero-order valence-corrected chi connectivity index (χ0v) is 32.9. The van der Waals surface area contributed by atoms with Crippen LogP contribution in [0.2, 0.25) is 0 Å². The summed E-state index contributed by atoms with van der Waals surface area (Å²) in [5.41, 5.74) is 0. The van der Waals surface area contributed by atoms with Crippen LogP contribution in [0.4, 0.5) is 0 Å². The summed E-state index contributed by atoms with van der Waals surface area (Å²) in [5.74, 6) is -0.998. The average Bonchev–Trinajstić information content (AvgIpc) is 3.11. The Morgan fingerprint density at radius 1 is 0.615 bits per heavy atom. The van der Waals surface area contributed by atoms with Crippen molar-refractivity contribution >= 4 is 19.8 Å². The SMILES string of the molecule is CC/C=C\C(O)C/C=C/C=C\C/C=C\C/C=C\CCCC(=O)OC[C@H](COP(=O)(O)O)OC(=O)CCCCCCCC/C=C\C/C=C\CCCCC. The molecule has 0 amide bonds. The molecule has 0 aliphatic heterocycles. The normalized spacial score (nSPS) is 14.0. The van der Waals surface area contributed by atoms with Crippen molar-refractivity contribution in [2.24, 2.45) is 0 Å². The van der Waals surface area contributed by atoms with Gasteiger partial charge in [-0.2, -0.15) is 0 Å². The molecule has 0 aromatic carbocycles. The molecule has 0 fully saturated rings. The fraction of sp³-hybridized carbons (Fsp3) is 0.619. The van der Waals surface area contributed by atoms with Gasteiger partial charge in [0.2, 0.25) is 0 Å². The summed E-state index contributed by atoms with van der Waals surface area (Å²) in [7, 11) is -4.78. The molecule has 0 saturated heterocycles. The van der Waals surface area contributed by atoms with Crippen LogP contribution in [0.25, 0.3) is 0 Å². The second-order valence-electron chi connectivity index (χ2n) is 12.7. The van der Waals surface area contributed by atoms with Crippen molar-refractivity contribution in [2.45, 2.75) is 154 Å². The zero-order valence-electron chi connectivity index (χ0n) is 32.0. The molecule has 0 aliphatic carbocycles. The quantitative estimate of drug-likeness (QED) is 0.0193. The molecule has 10 heteroatoms. The highest BCUT2D eigenvalue weighted by atomic mass is 31.2. The lowest BCUT2D eigenvalue weighted by molar-refractivity contribution is -0.161. The van der Waals surface area contributed by atoms with Gasteiger partial charge in [0.25, 0.3) is 0 Å². The number of hydrogen-bond donors (Lipinski definition) is 3. The van der Waals surface area contributed by atoms with Crippen LogP contribution in [0.1, 0.15) is 142 Å². The molecular weight excluding hydrogens is 679 g/mol. The molecular formula is C42H69O9P. The molecule has 3 N–H and O–H groups in total. The molecule has 0 heterocycles. The predicted molar refractivity (Wildman–Crippen MR) is 213 cm³/mol. The van der Waals surface area contributed by atoms with Crippen molar-refractivity contribution in [2.75, 3.05) is 13.2 Å². The first-order valence-corrected chi connectivity index (χ1v) is 21.0. The Kier molecular flexibility index (Phi) is 34.6. The summed E-state index contributed by atoms with van der Waals surface area (Å²) in [6.07, 6.45) is 45.0. The van der Waals surface area contributed by atoms with Gasteiger partial charge in [0.15, 0.2) is 6.10 Å². The Balaban J connectivity index is 4.13. The van der Waals surface area contributed by atoms with Crippen molar-refractivity contribution in [1.29, 1.82) is 0 Å². The molecule has 296 valence electrons. The number of hydrogen-bond acceptors (Lipinski definition) is 7. The Bertz CT molecular complexity index is 1130. The van der Waals surface area contributed by atoms with E-state index in [1.54, 1.807) is 0 Å². The fourth-order valence-corrected chi connectivity index (χ4v) is 5.17. The third-order valence-corrected chi connectivity index (χ3v) is 8.21. The van der Waals surface area contributed by atoms with Crippen molar-refractivity contribution < 1.29 is 43.0 Å². The van der Waals surface area contributed by atoms with E-state index in [0.29, 0.717) is 25.7 Å². The summed E-state index contributed by atoms with van der Waals surface area (Å²) in [4.78, 5) is 42.7. The summed E-state index contributed by atoms with van der Waals surface area (Å²) < 4.78 is 26.3. The average molecular weight is 749 g/mol. The molecule has 0 spiro atoms. The molecule has 0 radical (unpaired) electrons. The van der Waals surface area contributed by atoms with Crippen LogP contribution >= 0.6 is 7.82 Å². The molecule has 0 aromatic heterocycles. The van der Waals surface area contributed by atoms with Gasteiger partial charge in [0.1, 0.15) is 6.61 Å². The van der Waals surface area contributed by atoms with E-state index in [4.69, 9.17) is 19.3 Å². The van der Waals surface area contributed by atoms with Crippen molar-refractivity contribution in [3.63, 3.8) is 0 Å². The van der Waals surface area contributed by atoms with E-state index >= 15 is 0 Å². The highest BCUT2D eigenvalue weighted by molar-refractivity contribution is 7.46. The number of aliphatic hydroxyl groups excluding tert-OH is 1. The molecule has 0 aromatic rings. The number of phosphoric acid groups is 1. The highest BCUT2D eigenvalue weighted by Gasteiger charge is 2.22. The van der Waals surface area contributed by atoms with Gasteiger partial charge in [0, 0.05) is 12.8 Å². The molecule has 52 heavy (non-hydrogen) atoms. The number of phosphoric ester groups is 1. The van der Waals surface area contributed by atoms with E-state index in [9.17, 15) is 19.3 Å². The van der Waals surface area contributed by atoms with Gasteiger partial charge in [-0.15, -0.1) is 0 Å². The summed E-state index contributed by atoms with van der Waals surface area (Å²) in [5, 5.41) is 9.73. The van der Waals surface area contributed by atoms with E-state index in [0.717, 1.165) is 64.2 Å². The molecule has 0 rings (SSSR count). The Labute approximate surface area is 314 Å². The summed E-state index contributed by atoms with van der Waals surface area (Å²) in [6.45, 7) is 3.34.